The summed E-state index contributed by atoms with van der Waals surface area (Å²) in [6.07, 6.45) is 1.35. The van der Waals surface area contributed by atoms with Gasteiger partial charge in [-0.1, -0.05) is 25.5 Å². The Morgan fingerprint density at radius 2 is 1.88 bits per heavy atom. The maximum atomic E-state index is 14.5. The Balaban J connectivity index is 2.85. The molecule has 0 aliphatic heterocycles. The monoisotopic (exact) mass is 239 g/mol. The minimum absolute atomic E-state index is 0.0191. The van der Waals surface area contributed by atoms with Gasteiger partial charge in [-0.2, -0.15) is 0 Å². The van der Waals surface area contributed by atoms with Crippen molar-refractivity contribution in [3.8, 4) is 5.75 Å². The molecule has 0 radical (unpaired) electrons. The topological polar surface area (TPSA) is 35.2 Å². The molecule has 0 amide bonds. The molecular formula is C14H22FNO. The van der Waals surface area contributed by atoms with Crippen molar-refractivity contribution >= 4 is 0 Å². The Kier molecular flexibility index (Phi) is 4.94. The molecule has 0 bridgehead atoms. The van der Waals surface area contributed by atoms with E-state index in [0.717, 1.165) is 12.2 Å². The lowest BCUT2D eigenvalue weighted by atomic mass is 9.91. The second-order valence-corrected chi connectivity index (χ2v) is 4.61. The molecule has 1 atom stereocenters. The van der Waals surface area contributed by atoms with Crippen molar-refractivity contribution in [1.29, 1.82) is 0 Å². The fraction of sp³-hybridized carbons (Fsp3) is 0.571. The van der Waals surface area contributed by atoms with Crippen LogP contribution in [-0.2, 0) is 5.67 Å². The first kappa shape index (κ1) is 14.0. The van der Waals surface area contributed by atoms with Gasteiger partial charge in [0, 0.05) is 6.54 Å². The summed E-state index contributed by atoms with van der Waals surface area (Å²) in [5.74, 6) is 0.764. The summed E-state index contributed by atoms with van der Waals surface area (Å²) in [6, 6.07) is 7.13. The number of alkyl halides is 1. The summed E-state index contributed by atoms with van der Waals surface area (Å²) in [7, 11) is 0. The van der Waals surface area contributed by atoms with Gasteiger partial charge in [-0.15, -0.1) is 0 Å². The third-order valence-electron chi connectivity index (χ3n) is 2.71. The van der Waals surface area contributed by atoms with Gasteiger partial charge in [-0.3, -0.25) is 0 Å². The van der Waals surface area contributed by atoms with Crippen LogP contribution in [0.25, 0.3) is 0 Å². The number of halogens is 1. The number of nitrogens with two attached hydrogens (primary N) is 1. The second kappa shape index (κ2) is 6.01. The van der Waals surface area contributed by atoms with Crippen molar-refractivity contribution < 1.29 is 9.13 Å². The number of ether oxygens (including phenoxy) is 1. The van der Waals surface area contributed by atoms with E-state index < -0.39 is 5.67 Å². The maximum Gasteiger partial charge on any atom is 0.148 e. The Labute approximate surface area is 103 Å². The van der Waals surface area contributed by atoms with E-state index in [-0.39, 0.29) is 12.6 Å². The molecule has 0 aliphatic rings. The third kappa shape index (κ3) is 3.70. The molecule has 0 heterocycles. The van der Waals surface area contributed by atoms with Crippen LogP contribution in [0.4, 0.5) is 4.39 Å². The van der Waals surface area contributed by atoms with Gasteiger partial charge >= 0.3 is 0 Å². The summed E-state index contributed by atoms with van der Waals surface area (Å²) in [5.41, 5.74) is 4.76. The van der Waals surface area contributed by atoms with E-state index in [1.165, 1.54) is 0 Å². The Morgan fingerprint density at radius 1 is 1.29 bits per heavy atom. The first-order chi connectivity index (χ1) is 8.01. The normalized spacial score (nSPS) is 14.7. The maximum absolute atomic E-state index is 14.5. The molecule has 1 rings (SSSR count). The molecule has 0 aliphatic carbocycles. The molecular weight excluding hydrogens is 217 g/mol. The summed E-state index contributed by atoms with van der Waals surface area (Å²) < 4.78 is 20.0. The zero-order valence-corrected chi connectivity index (χ0v) is 10.9. The van der Waals surface area contributed by atoms with Crippen molar-refractivity contribution in [1.82, 2.24) is 0 Å². The number of rotatable bonds is 6. The van der Waals surface area contributed by atoms with Crippen LogP contribution in [0.5, 0.6) is 5.75 Å². The first-order valence-electron chi connectivity index (χ1n) is 6.18. The van der Waals surface area contributed by atoms with Gasteiger partial charge in [0.25, 0.3) is 0 Å². The standard InChI is InChI=1S/C14H22FNO/c1-4-9-14(15,10-16)12-5-7-13(8-6-12)17-11(2)3/h5-8,11H,4,9-10,16H2,1-3H3. The predicted molar refractivity (Wildman–Crippen MR) is 69.0 cm³/mol. The largest absolute Gasteiger partial charge is 0.491 e. The van der Waals surface area contributed by atoms with Crippen molar-refractivity contribution in [2.24, 2.45) is 5.73 Å². The molecule has 2 nitrogen and oxygen atoms in total. The molecule has 17 heavy (non-hydrogen) atoms. The van der Waals surface area contributed by atoms with Crippen LogP contribution < -0.4 is 10.5 Å². The molecule has 1 aromatic carbocycles. The van der Waals surface area contributed by atoms with E-state index in [4.69, 9.17) is 10.5 Å². The molecule has 3 heteroatoms. The second-order valence-electron chi connectivity index (χ2n) is 4.61. The predicted octanol–water partition coefficient (Wildman–Crippen LogP) is 3.40. The van der Waals surface area contributed by atoms with E-state index in [2.05, 4.69) is 0 Å². The highest BCUT2D eigenvalue weighted by Crippen LogP contribution is 2.31. The molecule has 2 N–H and O–H groups in total. The van der Waals surface area contributed by atoms with Crippen molar-refractivity contribution in [2.45, 2.75) is 45.4 Å². The minimum atomic E-state index is -1.41. The van der Waals surface area contributed by atoms with Crippen LogP contribution in [0, 0.1) is 0 Å². The Hall–Kier alpha value is -1.09. The average Bonchev–Trinajstić information content (AvgIpc) is 2.29. The number of benzene rings is 1. The van der Waals surface area contributed by atoms with Crippen molar-refractivity contribution in [3.63, 3.8) is 0 Å². The van der Waals surface area contributed by atoms with Crippen LogP contribution in [0.15, 0.2) is 24.3 Å². The van der Waals surface area contributed by atoms with E-state index >= 15 is 0 Å². The Morgan fingerprint density at radius 3 is 2.29 bits per heavy atom. The highest BCUT2D eigenvalue weighted by molar-refractivity contribution is 5.31. The molecule has 0 spiro atoms. The average molecular weight is 239 g/mol. The summed E-state index contributed by atoms with van der Waals surface area (Å²) >= 11 is 0. The van der Waals surface area contributed by atoms with Crippen molar-refractivity contribution in [2.75, 3.05) is 6.54 Å². The van der Waals surface area contributed by atoms with Crippen LogP contribution in [0.3, 0.4) is 0 Å². The summed E-state index contributed by atoms with van der Waals surface area (Å²) in [5, 5.41) is 0. The molecule has 0 fully saturated rings. The fourth-order valence-electron chi connectivity index (χ4n) is 1.86. The van der Waals surface area contributed by atoms with E-state index in [1.807, 2.05) is 20.8 Å². The van der Waals surface area contributed by atoms with Gasteiger partial charge in [0.1, 0.15) is 11.4 Å². The molecule has 96 valence electrons. The van der Waals surface area contributed by atoms with Gasteiger partial charge < -0.3 is 10.5 Å². The minimum Gasteiger partial charge on any atom is -0.491 e. The molecule has 1 aromatic rings. The van der Waals surface area contributed by atoms with Crippen LogP contribution >= 0.6 is 0 Å². The Bertz CT molecular complexity index is 337. The van der Waals surface area contributed by atoms with Crippen LogP contribution in [0.1, 0.15) is 39.2 Å². The highest BCUT2D eigenvalue weighted by atomic mass is 19.1. The fourth-order valence-corrected chi connectivity index (χ4v) is 1.86. The van der Waals surface area contributed by atoms with Gasteiger partial charge in [-0.05, 0) is 38.0 Å². The van der Waals surface area contributed by atoms with Gasteiger partial charge in [0.15, 0.2) is 0 Å². The van der Waals surface area contributed by atoms with E-state index in [1.54, 1.807) is 24.3 Å². The number of hydrogen-bond acceptors (Lipinski definition) is 2. The van der Waals surface area contributed by atoms with Gasteiger partial charge in [0.2, 0.25) is 0 Å². The highest BCUT2D eigenvalue weighted by Gasteiger charge is 2.29. The van der Waals surface area contributed by atoms with Crippen LogP contribution in [-0.4, -0.2) is 12.6 Å². The van der Waals surface area contributed by atoms with Gasteiger partial charge in [-0.25, -0.2) is 4.39 Å². The molecule has 0 aromatic heterocycles. The van der Waals surface area contributed by atoms with Gasteiger partial charge in [0.05, 0.1) is 6.10 Å². The lowest BCUT2D eigenvalue weighted by molar-refractivity contribution is 0.159. The van der Waals surface area contributed by atoms with Crippen LogP contribution in [0.2, 0.25) is 0 Å². The quantitative estimate of drug-likeness (QED) is 0.825. The lowest BCUT2D eigenvalue weighted by Gasteiger charge is -2.24. The van der Waals surface area contributed by atoms with E-state index in [0.29, 0.717) is 12.0 Å². The SMILES string of the molecule is CCCC(F)(CN)c1ccc(OC(C)C)cc1. The molecule has 0 saturated heterocycles. The molecule has 1 unspecified atom stereocenters. The summed E-state index contributed by atoms with van der Waals surface area (Å²) in [4.78, 5) is 0. The number of hydrogen-bond donors (Lipinski definition) is 1. The van der Waals surface area contributed by atoms with E-state index in [9.17, 15) is 4.39 Å². The third-order valence-corrected chi connectivity index (χ3v) is 2.71. The lowest BCUT2D eigenvalue weighted by Crippen LogP contribution is -2.30. The first-order valence-corrected chi connectivity index (χ1v) is 6.18. The zero-order valence-electron chi connectivity index (χ0n) is 10.9. The van der Waals surface area contributed by atoms with Crippen molar-refractivity contribution in [3.05, 3.63) is 29.8 Å². The summed E-state index contributed by atoms with van der Waals surface area (Å²) in [6.45, 7) is 5.90. The zero-order chi connectivity index (χ0) is 12.9. The smallest absolute Gasteiger partial charge is 0.148 e. The molecule has 0 saturated carbocycles.